The van der Waals surface area contributed by atoms with Gasteiger partial charge in [0.25, 0.3) is 0 Å². The van der Waals surface area contributed by atoms with Crippen molar-refractivity contribution in [1.82, 2.24) is 19.5 Å². The standard InChI is InChI=1S/C11H15N5OS/c1-15(2)10-12-5-4-9(14-10)18-11-13-6-8(7-17)16(11)3/h4-6,17H,7H2,1-3H3. The Bertz CT molecular complexity index is 540. The van der Waals surface area contributed by atoms with E-state index in [0.29, 0.717) is 5.95 Å². The van der Waals surface area contributed by atoms with Crippen LogP contribution < -0.4 is 4.90 Å². The third-order valence-electron chi connectivity index (χ3n) is 2.42. The molecule has 1 N–H and O–H groups in total. The summed E-state index contributed by atoms with van der Waals surface area (Å²) in [6.45, 7) is -0.0171. The third-order valence-corrected chi connectivity index (χ3v) is 3.42. The van der Waals surface area contributed by atoms with E-state index in [2.05, 4.69) is 15.0 Å². The number of hydrogen-bond acceptors (Lipinski definition) is 6. The molecule has 6 nitrogen and oxygen atoms in total. The van der Waals surface area contributed by atoms with Crippen LogP contribution in [0, 0.1) is 0 Å². The number of aromatic nitrogens is 4. The molecule has 0 fully saturated rings. The van der Waals surface area contributed by atoms with Crippen molar-refractivity contribution in [2.75, 3.05) is 19.0 Å². The molecule has 0 bridgehead atoms. The molecule has 0 spiro atoms. The fourth-order valence-electron chi connectivity index (χ4n) is 1.37. The van der Waals surface area contributed by atoms with Crippen LogP contribution in [0.5, 0.6) is 0 Å². The summed E-state index contributed by atoms with van der Waals surface area (Å²) in [5.41, 5.74) is 0.777. The van der Waals surface area contributed by atoms with Crippen molar-refractivity contribution in [2.24, 2.45) is 7.05 Å². The number of anilines is 1. The van der Waals surface area contributed by atoms with Crippen molar-refractivity contribution in [3.63, 3.8) is 0 Å². The predicted molar refractivity (Wildman–Crippen MR) is 69.6 cm³/mol. The summed E-state index contributed by atoms with van der Waals surface area (Å²) in [6.07, 6.45) is 3.39. The molecule has 0 amide bonds. The molecule has 0 aliphatic heterocycles. The second-order valence-electron chi connectivity index (χ2n) is 3.94. The van der Waals surface area contributed by atoms with Crippen molar-refractivity contribution in [3.8, 4) is 0 Å². The van der Waals surface area contributed by atoms with Crippen LogP contribution in [0.25, 0.3) is 0 Å². The molecule has 96 valence electrons. The average Bonchev–Trinajstić information content (AvgIpc) is 2.71. The number of aliphatic hydroxyl groups excluding tert-OH is 1. The van der Waals surface area contributed by atoms with Crippen LogP contribution in [-0.4, -0.2) is 38.7 Å². The van der Waals surface area contributed by atoms with Gasteiger partial charge in [-0.3, -0.25) is 0 Å². The van der Waals surface area contributed by atoms with Gasteiger partial charge in [-0.15, -0.1) is 0 Å². The van der Waals surface area contributed by atoms with Gasteiger partial charge in [0.2, 0.25) is 5.95 Å². The van der Waals surface area contributed by atoms with Crippen molar-refractivity contribution < 1.29 is 5.11 Å². The largest absolute Gasteiger partial charge is 0.390 e. The van der Waals surface area contributed by atoms with Crippen LogP contribution in [-0.2, 0) is 13.7 Å². The summed E-state index contributed by atoms with van der Waals surface area (Å²) < 4.78 is 1.85. The van der Waals surface area contributed by atoms with Crippen LogP contribution in [0.4, 0.5) is 5.95 Å². The summed E-state index contributed by atoms with van der Waals surface area (Å²) in [5.74, 6) is 0.664. The first-order valence-electron chi connectivity index (χ1n) is 5.41. The maximum atomic E-state index is 9.11. The van der Waals surface area contributed by atoms with Gasteiger partial charge in [0.05, 0.1) is 18.5 Å². The van der Waals surface area contributed by atoms with E-state index < -0.39 is 0 Å². The van der Waals surface area contributed by atoms with Gasteiger partial charge in [-0.2, -0.15) is 0 Å². The quantitative estimate of drug-likeness (QED) is 0.829. The summed E-state index contributed by atoms with van der Waals surface area (Å²) in [7, 11) is 5.66. The van der Waals surface area contributed by atoms with Gasteiger partial charge < -0.3 is 14.6 Å². The van der Waals surface area contributed by atoms with Crippen LogP contribution in [0.15, 0.2) is 28.6 Å². The summed E-state index contributed by atoms with van der Waals surface area (Å²) in [6, 6.07) is 1.84. The topological polar surface area (TPSA) is 67.1 Å². The van der Waals surface area contributed by atoms with E-state index in [1.165, 1.54) is 11.8 Å². The maximum absolute atomic E-state index is 9.11. The van der Waals surface area contributed by atoms with Gasteiger partial charge in [-0.25, -0.2) is 15.0 Å². The zero-order valence-electron chi connectivity index (χ0n) is 10.5. The van der Waals surface area contributed by atoms with Gasteiger partial charge in [-0.1, -0.05) is 0 Å². The molecule has 0 saturated heterocycles. The number of nitrogens with zero attached hydrogens (tertiary/aromatic N) is 5. The van der Waals surface area contributed by atoms with Crippen molar-refractivity contribution in [2.45, 2.75) is 16.8 Å². The highest BCUT2D eigenvalue weighted by Crippen LogP contribution is 2.25. The first-order chi connectivity index (χ1) is 8.61. The predicted octanol–water partition coefficient (Wildman–Crippen LogP) is 0.920. The Morgan fingerprint density at radius 1 is 1.39 bits per heavy atom. The average molecular weight is 265 g/mol. The van der Waals surface area contributed by atoms with E-state index in [1.807, 2.05) is 36.7 Å². The zero-order chi connectivity index (χ0) is 13.1. The van der Waals surface area contributed by atoms with Crippen LogP contribution in [0.1, 0.15) is 5.69 Å². The van der Waals surface area contributed by atoms with E-state index in [9.17, 15) is 0 Å². The smallest absolute Gasteiger partial charge is 0.225 e. The normalized spacial score (nSPS) is 10.7. The van der Waals surface area contributed by atoms with Gasteiger partial charge >= 0.3 is 0 Å². The fraction of sp³-hybridized carbons (Fsp3) is 0.364. The number of rotatable bonds is 4. The lowest BCUT2D eigenvalue weighted by Gasteiger charge is -2.10. The maximum Gasteiger partial charge on any atom is 0.225 e. The van der Waals surface area contributed by atoms with E-state index >= 15 is 0 Å². The van der Waals surface area contributed by atoms with Crippen molar-refractivity contribution >= 4 is 17.7 Å². The Hall–Kier alpha value is -1.60. The molecule has 0 saturated carbocycles. The van der Waals surface area contributed by atoms with Gasteiger partial charge in [0, 0.05) is 27.3 Å². The molecule has 2 rings (SSSR count). The van der Waals surface area contributed by atoms with Gasteiger partial charge in [-0.05, 0) is 17.8 Å². The lowest BCUT2D eigenvalue weighted by Crippen LogP contribution is -2.12. The monoisotopic (exact) mass is 265 g/mol. The molecule has 0 aliphatic carbocycles. The van der Waals surface area contributed by atoms with Crippen molar-refractivity contribution in [1.29, 1.82) is 0 Å². The Morgan fingerprint density at radius 2 is 2.17 bits per heavy atom. The minimum absolute atomic E-state index is 0.0171. The van der Waals surface area contributed by atoms with Crippen molar-refractivity contribution in [3.05, 3.63) is 24.2 Å². The summed E-state index contributed by atoms with van der Waals surface area (Å²) >= 11 is 1.44. The van der Waals surface area contributed by atoms with E-state index in [-0.39, 0.29) is 6.61 Å². The summed E-state index contributed by atoms with van der Waals surface area (Å²) in [5, 5.41) is 10.7. The second kappa shape index (κ2) is 5.36. The highest BCUT2D eigenvalue weighted by Gasteiger charge is 2.09. The molecule has 2 aromatic heterocycles. The molecule has 0 aliphatic rings. The second-order valence-corrected chi connectivity index (χ2v) is 4.93. The lowest BCUT2D eigenvalue weighted by atomic mass is 10.5. The van der Waals surface area contributed by atoms with Crippen LogP contribution >= 0.6 is 11.8 Å². The Kier molecular flexibility index (Phi) is 3.83. The highest BCUT2D eigenvalue weighted by molar-refractivity contribution is 7.99. The molecule has 2 heterocycles. The van der Waals surface area contributed by atoms with E-state index in [0.717, 1.165) is 15.9 Å². The number of imidazole rings is 1. The first kappa shape index (κ1) is 12.8. The molecule has 0 radical (unpaired) electrons. The Balaban J connectivity index is 2.23. The van der Waals surface area contributed by atoms with E-state index in [4.69, 9.17) is 5.11 Å². The number of hydrogen-bond donors (Lipinski definition) is 1. The minimum Gasteiger partial charge on any atom is -0.390 e. The Morgan fingerprint density at radius 3 is 2.78 bits per heavy atom. The fourth-order valence-corrected chi connectivity index (χ4v) is 2.17. The van der Waals surface area contributed by atoms with Gasteiger partial charge in [0.1, 0.15) is 5.03 Å². The first-order valence-corrected chi connectivity index (χ1v) is 6.23. The molecule has 7 heteroatoms. The highest BCUT2D eigenvalue weighted by atomic mass is 32.2. The Labute approximate surface area is 110 Å². The molecule has 0 atom stereocenters. The van der Waals surface area contributed by atoms with Crippen LogP contribution in [0.3, 0.4) is 0 Å². The minimum atomic E-state index is -0.0171. The zero-order valence-corrected chi connectivity index (χ0v) is 11.3. The number of aliphatic hydroxyl groups is 1. The SMILES string of the molecule is CN(C)c1nccc(Sc2ncc(CO)n2C)n1. The molecular weight excluding hydrogens is 250 g/mol. The molecule has 0 aromatic carbocycles. The summed E-state index contributed by atoms with van der Waals surface area (Å²) in [4.78, 5) is 14.7. The van der Waals surface area contributed by atoms with E-state index in [1.54, 1.807) is 12.4 Å². The molecule has 2 aromatic rings. The third kappa shape index (κ3) is 2.62. The molecule has 18 heavy (non-hydrogen) atoms. The van der Waals surface area contributed by atoms with Crippen LogP contribution in [0.2, 0.25) is 0 Å². The molecule has 0 unspecified atom stereocenters. The van der Waals surface area contributed by atoms with Gasteiger partial charge in [0.15, 0.2) is 5.16 Å². The molecular formula is C11H15N5OS. The lowest BCUT2D eigenvalue weighted by molar-refractivity contribution is 0.271.